The zero-order valence-corrected chi connectivity index (χ0v) is 14.4. The van der Waals surface area contributed by atoms with E-state index in [1.165, 1.54) is 0 Å². The second-order valence-electron chi connectivity index (χ2n) is 0. The van der Waals surface area contributed by atoms with Gasteiger partial charge in [0.1, 0.15) is 0 Å². The molecular formula is H4AlInIrNScSm+. The van der Waals surface area contributed by atoms with Gasteiger partial charge < -0.3 is 6.15 Å². The van der Waals surface area contributed by atoms with Crippen LogP contribution in [0.4, 0.5) is 0 Å². The minimum absolute atomic E-state index is 0. The van der Waals surface area contributed by atoms with E-state index in [0.29, 0.717) is 0 Å². The number of hydrogen-bond donors (Lipinski definition) is 1. The third kappa shape index (κ3) is 24.1. The quantitative estimate of drug-likeness (QED) is 0.409. The molecule has 1 nitrogen and oxygen atoms in total. The van der Waals surface area contributed by atoms with Crippen molar-refractivity contribution in [2.24, 2.45) is 0 Å². The molecule has 0 saturated heterocycles. The Morgan fingerprint density at radius 1 is 1.17 bits per heavy atom. The van der Waals surface area contributed by atoms with Crippen molar-refractivity contribution in [1.29, 1.82) is 0 Å². The van der Waals surface area contributed by atoms with Gasteiger partial charge in [0.25, 0.3) is 0 Å². The van der Waals surface area contributed by atoms with Crippen molar-refractivity contribution in [3.05, 3.63) is 0 Å². The summed E-state index contributed by atoms with van der Waals surface area (Å²) in [5.74, 6) is 0. The van der Waals surface area contributed by atoms with E-state index < -0.39 is 0 Å². The van der Waals surface area contributed by atoms with Crippen molar-refractivity contribution in [3.63, 3.8) is 0 Å². The van der Waals surface area contributed by atoms with Crippen molar-refractivity contribution in [3.8, 4) is 0 Å². The molecule has 0 bridgehead atoms. The first-order valence-electron chi connectivity index (χ1n) is 0. The summed E-state index contributed by atoms with van der Waals surface area (Å²) in [6.07, 6.45) is 0. The summed E-state index contributed by atoms with van der Waals surface area (Å²) in [4.78, 5) is 0. The van der Waals surface area contributed by atoms with Gasteiger partial charge in [-0.25, -0.2) is 0 Å². The summed E-state index contributed by atoms with van der Waals surface area (Å²) in [6, 6.07) is 0. The van der Waals surface area contributed by atoms with Gasteiger partial charge in [0.2, 0.25) is 0 Å². The summed E-state index contributed by atoms with van der Waals surface area (Å²) in [5.41, 5.74) is 0. The molecule has 0 unspecified atom stereocenters. The van der Waals surface area contributed by atoms with Crippen LogP contribution in [0, 0.1) is 40.4 Å². The number of hydrogen-bond acceptors (Lipinski definition) is 1. The third-order valence-electron chi connectivity index (χ3n) is 0. The molecule has 6 heavy (non-hydrogen) atoms. The second-order valence-corrected chi connectivity index (χ2v) is 0. The summed E-state index contributed by atoms with van der Waals surface area (Å²) in [5, 5.41) is 0. The maximum absolute atomic E-state index is 0. The molecule has 32 valence electrons. The fraction of sp³-hybridized carbons (Fsp3) is 0. The van der Waals surface area contributed by atoms with Gasteiger partial charge in [0.15, 0.2) is 0 Å². The molecule has 0 amide bonds. The van der Waals surface area contributed by atoms with E-state index in [9.17, 15) is 0 Å². The molecule has 0 atom stereocenters. The van der Waals surface area contributed by atoms with Gasteiger partial charge in [-0.1, -0.05) is 0 Å². The zero-order valence-electron chi connectivity index (χ0n) is 4.18. The molecule has 0 saturated carbocycles. The van der Waals surface area contributed by atoms with E-state index in [1.54, 1.807) is 0 Å². The van der Waals surface area contributed by atoms with Crippen LogP contribution in [0.5, 0.6) is 0 Å². The van der Waals surface area contributed by atoms with Crippen LogP contribution in [0.2, 0.25) is 0 Å². The van der Waals surface area contributed by atoms with Gasteiger partial charge in [-0.05, 0) is 0 Å². The van der Waals surface area contributed by atoms with Crippen LogP contribution in [0.25, 0.3) is 0 Å². The molecule has 3 N–H and O–H groups in total. The van der Waals surface area contributed by atoms with Crippen molar-refractivity contribution in [2.45, 2.75) is 0 Å². The Morgan fingerprint density at radius 2 is 1.17 bits per heavy atom. The van der Waals surface area contributed by atoms with Crippen LogP contribution in [-0.2, 0) is 45.9 Å². The maximum atomic E-state index is 0. The molecule has 0 heterocycles. The fourth-order valence-electron chi connectivity index (χ4n) is 0. The molecule has 6 heteroatoms. The van der Waals surface area contributed by atoms with Crippen LogP contribution < -0.4 is 6.15 Å². The Balaban J connectivity index is 0. The molecule has 0 spiro atoms. The van der Waals surface area contributed by atoms with Gasteiger partial charge in [0, 0.05) is 130 Å². The van der Waals surface area contributed by atoms with Gasteiger partial charge >= 0.3 is 1.43 Å². The van der Waals surface area contributed by atoms with Gasteiger partial charge in [-0.15, -0.1) is 0 Å². The molecule has 0 aliphatic rings. The second kappa shape index (κ2) is 35.0. The Bertz CT molecular complexity index is 19.7. The summed E-state index contributed by atoms with van der Waals surface area (Å²) in [6.45, 7) is 0. The average Bonchev–Trinajstić information content (AvgIpc) is 0. The van der Waals surface area contributed by atoms with Crippen LogP contribution in [0.15, 0.2) is 0 Å². The Morgan fingerprint density at radius 3 is 1.17 bits per heavy atom. The van der Waals surface area contributed by atoms with E-state index in [0.717, 1.165) is 0 Å². The smallest absolute Gasteiger partial charge is 0.344 e. The molecule has 0 fully saturated rings. The van der Waals surface area contributed by atoms with Crippen molar-refractivity contribution < 1.29 is 87.8 Å². The standard InChI is InChI=1S/Al.In.Ir.H3N.Sc.Sm/h;;;1H3;;/p+1. The number of rotatable bonds is 0. The first-order valence-corrected chi connectivity index (χ1v) is 0. The predicted octanol–water partition coefficient (Wildman–Crippen LogP) is -0.492. The average molecular weight is 547 g/mol. The van der Waals surface area contributed by atoms with Crippen LogP contribution in [0.1, 0.15) is 1.43 Å². The summed E-state index contributed by atoms with van der Waals surface area (Å²) >= 11 is 0. The van der Waals surface area contributed by atoms with Crippen LogP contribution in [-0.4, -0.2) is 43.2 Å². The first-order chi connectivity index (χ1) is 0. The topological polar surface area (TPSA) is 35.0 Å². The van der Waals surface area contributed by atoms with Crippen molar-refractivity contribution in [2.75, 3.05) is 0 Å². The molecule has 0 aromatic heterocycles. The molecule has 8 radical (unpaired) electrons. The van der Waals surface area contributed by atoms with E-state index >= 15 is 0 Å². The van der Waals surface area contributed by atoms with Crippen molar-refractivity contribution in [1.82, 2.24) is 6.15 Å². The zero-order chi connectivity index (χ0) is 0. The summed E-state index contributed by atoms with van der Waals surface area (Å²) in [7, 11) is 0. The van der Waals surface area contributed by atoms with E-state index in [-0.39, 0.29) is 137 Å². The molecule has 0 rings (SSSR count). The van der Waals surface area contributed by atoms with Gasteiger partial charge in [-0.3, -0.25) is 0 Å². The minimum Gasteiger partial charge on any atom is -0.344 e. The largest absolute Gasteiger partial charge is 1.00 e. The Hall–Kier alpha value is 4.22. The van der Waals surface area contributed by atoms with E-state index in [2.05, 4.69) is 0 Å². The predicted molar refractivity (Wildman–Crippen MR) is 17.6 cm³/mol. The molecular weight excluding hydrogens is 543 g/mol. The SMILES string of the molecule is N.[Al].[H+].[In].[Ir].[Sc].[Sm]. The fourth-order valence-corrected chi connectivity index (χ4v) is 0. The molecule has 0 aromatic carbocycles. The van der Waals surface area contributed by atoms with Crippen molar-refractivity contribution >= 4 is 43.2 Å². The normalized spacial score (nSPS) is 0. The van der Waals surface area contributed by atoms with E-state index in [4.69, 9.17) is 0 Å². The Labute approximate surface area is 134 Å². The third-order valence-corrected chi connectivity index (χ3v) is 0. The van der Waals surface area contributed by atoms with Crippen LogP contribution >= 0.6 is 0 Å². The van der Waals surface area contributed by atoms with E-state index in [1.807, 2.05) is 0 Å². The maximum Gasteiger partial charge on any atom is 1.00 e. The Kier molecular flexibility index (Phi) is 284. The van der Waals surface area contributed by atoms with Crippen LogP contribution in [0.3, 0.4) is 0 Å². The first kappa shape index (κ1) is 48.8. The molecule has 0 aliphatic heterocycles. The molecule has 0 aliphatic carbocycles. The summed E-state index contributed by atoms with van der Waals surface area (Å²) < 4.78 is 0. The van der Waals surface area contributed by atoms with Gasteiger partial charge in [0.05, 0.1) is 0 Å². The minimum atomic E-state index is 0. The monoisotopic (exact) mass is 550 g/mol. The van der Waals surface area contributed by atoms with Gasteiger partial charge in [-0.2, -0.15) is 0 Å². The molecule has 0 aromatic rings.